The smallest absolute Gasteiger partial charge is 0.190 e. The Bertz CT molecular complexity index is 259. The minimum Gasteiger partial charge on any atom is -0.382 e. The summed E-state index contributed by atoms with van der Waals surface area (Å²) in [5, 5.41) is 6.67. The van der Waals surface area contributed by atoms with E-state index in [2.05, 4.69) is 48.2 Å². The highest BCUT2D eigenvalue weighted by Crippen LogP contribution is 2.05. The van der Waals surface area contributed by atoms with E-state index in [0.29, 0.717) is 12.1 Å². The number of nitrogens with zero attached hydrogens (tertiary/aromatic N) is 2. The van der Waals surface area contributed by atoms with Crippen molar-refractivity contribution in [3.05, 3.63) is 0 Å². The third kappa shape index (κ3) is 10.5. The second-order valence-electron chi connectivity index (χ2n) is 5.76. The van der Waals surface area contributed by atoms with Crippen LogP contribution >= 0.6 is 0 Å². The second kappa shape index (κ2) is 12.9. The first-order chi connectivity index (χ1) is 10.0. The van der Waals surface area contributed by atoms with Crippen molar-refractivity contribution < 1.29 is 4.74 Å². The average molecular weight is 300 g/mol. The molecule has 0 amide bonds. The first kappa shape index (κ1) is 20.2. The Labute approximate surface area is 131 Å². The van der Waals surface area contributed by atoms with Crippen molar-refractivity contribution in [2.45, 2.75) is 59.5 Å². The van der Waals surface area contributed by atoms with Crippen LogP contribution in [0.5, 0.6) is 0 Å². The maximum Gasteiger partial charge on any atom is 0.190 e. The number of nitrogens with one attached hydrogen (secondary N) is 2. The highest BCUT2D eigenvalue weighted by Gasteiger charge is 2.12. The van der Waals surface area contributed by atoms with Gasteiger partial charge in [0.25, 0.3) is 0 Å². The van der Waals surface area contributed by atoms with Crippen molar-refractivity contribution in [3.63, 3.8) is 0 Å². The molecule has 0 rings (SSSR count). The van der Waals surface area contributed by atoms with E-state index in [1.54, 1.807) is 0 Å². The molecular formula is C16H36N4O. The lowest BCUT2D eigenvalue weighted by atomic mass is 10.2. The highest BCUT2D eigenvalue weighted by molar-refractivity contribution is 5.79. The normalized spacial score (nSPS) is 12.5. The van der Waals surface area contributed by atoms with Gasteiger partial charge in [-0.1, -0.05) is 0 Å². The van der Waals surface area contributed by atoms with Gasteiger partial charge in [-0.2, -0.15) is 0 Å². The van der Waals surface area contributed by atoms with Gasteiger partial charge in [-0.3, -0.25) is 9.89 Å². The van der Waals surface area contributed by atoms with Gasteiger partial charge < -0.3 is 15.4 Å². The molecule has 0 aliphatic rings. The minimum absolute atomic E-state index is 0.598. The first-order valence-corrected chi connectivity index (χ1v) is 8.30. The van der Waals surface area contributed by atoms with Crippen LogP contribution < -0.4 is 10.6 Å². The molecule has 0 bridgehead atoms. The molecule has 0 fully saturated rings. The minimum atomic E-state index is 0.598. The predicted octanol–water partition coefficient (Wildman–Crippen LogP) is 2.09. The van der Waals surface area contributed by atoms with Crippen LogP contribution in [0.4, 0.5) is 0 Å². The summed E-state index contributed by atoms with van der Waals surface area (Å²) in [6.45, 7) is 15.6. The first-order valence-electron chi connectivity index (χ1n) is 8.30. The van der Waals surface area contributed by atoms with Gasteiger partial charge in [0, 0.05) is 52.0 Å². The summed E-state index contributed by atoms with van der Waals surface area (Å²) in [6.07, 6.45) is 2.12. The summed E-state index contributed by atoms with van der Waals surface area (Å²) >= 11 is 0. The number of aliphatic imine (C=N–C) groups is 1. The Morgan fingerprint density at radius 2 is 1.62 bits per heavy atom. The molecule has 0 atom stereocenters. The zero-order chi connectivity index (χ0) is 16.1. The quantitative estimate of drug-likeness (QED) is 0.348. The molecule has 0 heterocycles. The van der Waals surface area contributed by atoms with E-state index >= 15 is 0 Å². The Balaban J connectivity index is 3.77. The van der Waals surface area contributed by atoms with Crippen LogP contribution in [0.15, 0.2) is 4.99 Å². The average Bonchev–Trinajstić information content (AvgIpc) is 2.43. The summed E-state index contributed by atoms with van der Waals surface area (Å²) in [5.41, 5.74) is 0. The van der Waals surface area contributed by atoms with E-state index in [9.17, 15) is 0 Å². The molecule has 0 aromatic heterocycles. The molecule has 0 spiro atoms. The van der Waals surface area contributed by atoms with Crippen LogP contribution in [0.1, 0.15) is 47.5 Å². The summed E-state index contributed by atoms with van der Waals surface area (Å²) in [6, 6.07) is 1.20. The molecule has 0 radical (unpaired) electrons. The lowest BCUT2D eigenvalue weighted by Gasteiger charge is -2.30. The van der Waals surface area contributed by atoms with E-state index in [4.69, 9.17) is 4.74 Å². The Morgan fingerprint density at radius 3 is 2.10 bits per heavy atom. The lowest BCUT2D eigenvalue weighted by molar-refractivity contribution is 0.145. The Morgan fingerprint density at radius 1 is 1.05 bits per heavy atom. The molecule has 0 aromatic rings. The summed E-state index contributed by atoms with van der Waals surface area (Å²) in [7, 11) is 1.81. The van der Waals surface area contributed by atoms with Crippen molar-refractivity contribution in [1.82, 2.24) is 15.5 Å². The van der Waals surface area contributed by atoms with E-state index in [-0.39, 0.29) is 0 Å². The van der Waals surface area contributed by atoms with Gasteiger partial charge in [0.05, 0.1) is 0 Å². The van der Waals surface area contributed by atoms with Crippen LogP contribution in [-0.4, -0.2) is 62.8 Å². The number of hydrogen-bond acceptors (Lipinski definition) is 3. The van der Waals surface area contributed by atoms with Gasteiger partial charge in [-0.05, 0) is 47.5 Å². The van der Waals surface area contributed by atoms with Gasteiger partial charge >= 0.3 is 0 Å². The van der Waals surface area contributed by atoms with Crippen LogP contribution in [0.3, 0.4) is 0 Å². The van der Waals surface area contributed by atoms with Gasteiger partial charge in [0.1, 0.15) is 0 Å². The van der Waals surface area contributed by atoms with Gasteiger partial charge in [-0.15, -0.1) is 0 Å². The standard InChI is InChI=1S/C16H36N4O/c1-7-21-13-9-11-19-16(17-6)18-10-8-12-20(14(2)3)15(4)5/h14-15H,7-13H2,1-6H3,(H2,17,18,19). The number of guanidine groups is 1. The van der Waals surface area contributed by atoms with Gasteiger partial charge in [0.15, 0.2) is 5.96 Å². The van der Waals surface area contributed by atoms with Crippen molar-refractivity contribution in [2.75, 3.05) is 39.9 Å². The second-order valence-corrected chi connectivity index (χ2v) is 5.76. The fourth-order valence-corrected chi connectivity index (χ4v) is 2.33. The fourth-order valence-electron chi connectivity index (χ4n) is 2.33. The molecule has 0 aliphatic carbocycles. The zero-order valence-corrected chi connectivity index (χ0v) is 14.9. The van der Waals surface area contributed by atoms with E-state index in [0.717, 1.165) is 51.6 Å². The maximum absolute atomic E-state index is 5.31. The SMILES string of the molecule is CCOCCCNC(=NC)NCCCN(C(C)C)C(C)C. The highest BCUT2D eigenvalue weighted by atomic mass is 16.5. The van der Waals surface area contributed by atoms with Crippen LogP contribution in [0, 0.1) is 0 Å². The fraction of sp³-hybridized carbons (Fsp3) is 0.938. The molecule has 0 saturated carbocycles. The van der Waals surface area contributed by atoms with E-state index in [1.165, 1.54) is 0 Å². The van der Waals surface area contributed by atoms with Crippen molar-refractivity contribution in [2.24, 2.45) is 4.99 Å². The van der Waals surface area contributed by atoms with Gasteiger partial charge in [-0.25, -0.2) is 0 Å². The van der Waals surface area contributed by atoms with Gasteiger partial charge in [0.2, 0.25) is 0 Å². The third-order valence-corrected chi connectivity index (χ3v) is 3.40. The maximum atomic E-state index is 5.31. The van der Waals surface area contributed by atoms with Crippen molar-refractivity contribution in [1.29, 1.82) is 0 Å². The lowest BCUT2D eigenvalue weighted by Crippen LogP contribution is -2.41. The monoisotopic (exact) mass is 300 g/mol. The van der Waals surface area contributed by atoms with E-state index < -0.39 is 0 Å². The topological polar surface area (TPSA) is 48.9 Å². The van der Waals surface area contributed by atoms with Crippen LogP contribution in [0.2, 0.25) is 0 Å². The molecule has 21 heavy (non-hydrogen) atoms. The Kier molecular flexibility index (Phi) is 12.4. The molecule has 5 heteroatoms. The van der Waals surface area contributed by atoms with Crippen molar-refractivity contribution >= 4 is 5.96 Å². The number of rotatable bonds is 11. The predicted molar refractivity (Wildman–Crippen MR) is 92.1 cm³/mol. The van der Waals surface area contributed by atoms with Crippen LogP contribution in [0.25, 0.3) is 0 Å². The summed E-state index contributed by atoms with van der Waals surface area (Å²) in [5.74, 6) is 0.882. The molecular weight excluding hydrogens is 264 g/mol. The molecule has 0 saturated heterocycles. The molecule has 0 aliphatic heterocycles. The number of ether oxygens (including phenoxy) is 1. The number of hydrogen-bond donors (Lipinski definition) is 2. The molecule has 0 unspecified atom stereocenters. The van der Waals surface area contributed by atoms with Crippen LogP contribution in [-0.2, 0) is 4.74 Å². The van der Waals surface area contributed by atoms with E-state index in [1.807, 2.05) is 14.0 Å². The molecule has 2 N–H and O–H groups in total. The zero-order valence-electron chi connectivity index (χ0n) is 14.9. The molecule has 5 nitrogen and oxygen atoms in total. The summed E-state index contributed by atoms with van der Waals surface area (Å²) in [4.78, 5) is 6.75. The molecule has 0 aromatic carbocycles. The molecule has 126 valence electrons. The third-order valence-electron chi connectivity index (χ3n) is 3.40. The van der Waals surface area contributed by atoms with Crippen molar-refractivity contribution in [3.8, 4) is 0 Å². The largest absolute Gasteiger partial charge is 0.382 e. The Hall–Kier alpha value is -0.810. The summed E-state index contributed by atoms with van der Waals surface area (Å²) < 4.78 is 5.31.